The summed E-state index contributed by atoms with van der Waals surface area (Å²) >= 11 is 0. The molecule has 0 radical (unpaired) electrons. The zero-order valence-corrected chi connectivity index (χ0v) is 11.3. The molecular formula is C14H13NO4S. The number of rotatable bonds is 4. The first-order valence-electron chi connectivity index (χ1n) is 5.85. The van der Waals surface area contributed by atoms with Gasteiger partial charge in [-0.05, 0) is 24.3 Å². The summed E-state index contributed by atoms with van der Waals surface area (Å²) < 4.78 is 24.0. The van der Waals surface area contributed by atoms with E-state index in [1.807, 2.05) is 0 Å². The van der Waals surface area contributed by atoms with E-state index in [2.05, 4.69) is 5.32 Å². The zero-order valence-electron chi connectivity index (χ0n) is 10.5. The van der Waals surface area contributed by atoms with E-state index >= 15 is 0 Å². The molecule has 0 bridgehead atoms. The predicted octanol–water partition coefficient (Wildman–Crippen LogP) is 1.80. The molecular weight excluding hydrogens is 278 g/mol. The van der Waals surface area contributed by atoms with E-state index in [9.17, 15) is 18.3 Å². The Morgan fingerprint density at radius 1 is 1.00 bits per heavy atom. The molecule has 0 aliphatic heterocycles. The number of nitrogens with one attached hydrogen (secondary N) is 1. The first kappa shape index (κ1) is 14.1. The number of anilines is 1. The van der Waals surface area contributed by atoms with Crippen molar-refractivity contribution in [2.45, 2.75) is 4.90 Å². The van der Waals surface area contributed by atoms with Gasteiger partial charge in [0.2, 0.25) is 5.91 Å². The van der Waals surface area contributed by atoms with Gasteiger partial charge in [-0.1, -0.05) is 30.3 Å². The number of benzene rings is 2. The molecule has 6 heteroatoms. The van der Waals surface area contributed by atoms with Gasteiger partial charge in [-0.3, -0.25) is 4.79 Å². The second kappa shape index (κ2) is 5.75. The van der Waals surface area contributed by atoms with Crippen LogP contribution in [-0.4, -0.2) is 25.2 Å². The molecule has 0 unspecified atom stereocenters. The van der Waals surface area contributed by atoms with Crippen molar-refractivity contribution in [2.75, 3.05) is 11.1 Å². The summed E-state index contributed by atoms with van der Waals surface area (Å²) in [6.45, 7) is 0. The molecule has 104 valence electrons. The van der Waals surface area contributed by atoms with E-state index in [-0.39, 0.29) is 16.3 Å². The van der Waals surface area contributed by atoms with Crippen LogP contribution in [0.5, 0.6) is 5.75 Å². The van der Waals surface area contributed by atoms with Gasteiger partial charge < -0.3 is 10.4 Å². The van der Waals surface area contributed by atoms with Crippen LogP contribution in [0.15, 0.2) is 59.5 Å². The topological polar surface area (TPSA) is 83.5 Å². The van der Waals surface area contributed by atoms with E-state index in [0.717, 1.165) is 0 Å². The lowest BCUT2D eigenvalue weighted by atomic mass is 10.3. The van der Waals surface area contributed by atoms with Crippen molar-refractivity contribution in [1.82, 2.24) is 0 Å². The van der Waals surface area contributed by atoms with Gasteiger partial charge in [0.25, 0.3) is 0 Å². The molecule has 0 spiro atoms. The average Bonchev–Trinajstić information content (AvgIpc) is 2.42. The third-order valence-electron chi connectivity index (χ3n) is 2.60. The Morgan fingerprint density at radius 3 is 2.25 bits per heavy atom. The minimum absolute atomic E-state index is 0.0902. The van der Waals surface area contributed by atoms with E-state index in [1.165, 1.54) is 24.3 Å². The number of phenols is 1. The Hall–Kier alpha value is -2.34. The highest BCUT2D eigenvalue weighted by molar-refractivity contribution is 7.92. The lowest BCUT2D eigenvalue weighted by Gasteiger charge is -2.07. The molecule has 0 saturated carbocycles. The Kier molecular flexibility index (Phi) is 4.05. The van der Waals surface area contributed by atoms with Crippen molar-refractivity contribution in [3.63, 3.8) is 0 Å². The molecule has 2 aromatic rings. The number of aromatic hydroxyl groups is 1. The summed E-state index contributed by atoms with van der Waals surface area (Å²) in [7, 11) is -3.69. The van der Waals surface area contributed by atoms with Crippen molar-refractivity contribution < 1.29 is 18.3 Å². The van der Waals surface area contributed by atoms with Gasteiger partial charge in [0.1, 0.15) is 11.5 Å². The van der Waals surface area contributed by atoms with Crippen LogP contribution in [0.2, 0.25) is 0 Å². The van der Waals surface area contributed by atoms with Crippen LogP contribution in [0.25, 0.3) is 0 Å². The minimum atomic E-state index is -3.69. The fraction of sp³-hybridized carbons (Fsp3) is 0.0714. The smallest absolute Gasteiger partial charge is 0.240 e. The molecule has 0 aliphatic rings. The van der Waals surface area contributed by atoms with Crippen LogP contribution >= 0.6 is 0 Å². The first-order chi connectivity index (χ1) is 9.49. The van der Waals surface area contributed by atoms with Gasteiger partial charge in [0.15, 0.2) is 9.84 Å². The quantitative estimate of drug-likeness (QED) is 0.841. The third-order valence-corrected chi connectivity index (χ3v) is 4.23. The van der Waals surface area contributed by atoms with Crippen LogP contribution in [0, 0.1) is 0 Å². The van der Waals surface area contributed by atoms with Crippen molar-refractivity contribution in [3.8, 4) is 5.75 Å². The fourth-order valence-corrected chi connectivity index (χ4v) is 2.81. The Labute approximate surface area is 116 Å². The Bertz CT molecular complexity index is 711. The Morgan fingerprint density at radius 2 is 1.60 bits per heavy atom. The van der Waals surface area contributed by atoms with Crippen molar-refractivity contribution in [3.05, 3.63) is 54.6 Å². The number of phenolic OH excluding ortho intramolecular Hbond substituents is 1. The van der Waals surface area contributed by atoms with Gasteiger partial charge >= 0.3 is 0 Å². The monoisotopic (exact) mass is 291 g/mol. The second-order valence-electron chi connectivity index (χ2n) is 4.14. The highest BCUT2D eigenvalue weighted by Crippen LogP contribution is 2.21. The summed E-state index contributed by atoms with van der Waals surface area (Å²) in [4.78, 5) is 11.8. The van der Waals surface area contributed by atoms with Crippen LogP contribution in [-0.2, 0) is 14.6 Å². The minimum Gasteiger partial charge on any atom is -0.506 e. The Balaban J connectivity index is 2.11. The van der Waals surface area contributed by atoms with Gasteiger partial charge in [0, 0.05) is 0 Å². The fourth-order valence-electron chi connectivity index (χ4n) is 1.65. The van der Waals surface area contributed by atoms with Crippen molar-refractivity contribution in [1.29, 1.82) is 0 Å². The summed E-state index contributed by atoms with van der Waals surface area (Å²) in [6.07, 6.45) is 0. The van der Waals surface area contributed by atoms with Crippen LogP contribution in [0.3, 0.4) is 0 Å². The third kappa shape index (κ3) is 3.36. The highest BCUT2D eigenvalue weighted by Gasteiger charge is 2.19. The molecule has 2 N–H and O–H groups in total. The summed E-state index contributed by atoms with van der Waals surface area (Å²) in [5, 5.41) is 11.9. The van der Waals surface area contributed by atoms with Crippen LogP contribution in [0.1, 0.15) is 0 Å². The van der Waals surface area contributed by atoms with Gasteiger partial charge in [-0.25, -0.2) is 8.42 Å². The number of para-hydroxylation sites is 2. The number of hydrogen-bond acceptors (Lipinski definition) is 4. The van der Waals surface area contributed by atoms with E-state index < -0.39 is 21.5 Å². The van der Waals surface area contributed by atoms with Crippen molar-refractivity contribution in [2.24, 2.45) is 0 Å². The number of carbonyl (C=O) groups excluding carboxylic acids is 1. The number of sulfone groups is 1. The maximum absolute atomic E-state index is 12.0. The maximum Gasteiger partial charge on any atom is 0.240 e. The zero-order chi connectivity index (χ0) is 14.6. The molecule has 2 rings (SSSR count). The predicted molar refractivity (Wildman–Crippen MR) is 75.2 cm³/mol. The molecule has 2 aromatic carbocycles. The van der Waals surface area contributed by atoms with E-state index in [0.29, 0.717) is 0 Å². The molecule has 0 aliphatic carbocycles. The van der Waals surface area contributed by atoms with Crippen molar-refractivity contribution >= 4 is 21.4 Å². The maximum atomic E-state index is 12.0. The average molecular weight is 291 g/mol. The second-order valence-corrected chi connectivity index (χ2v) is 6.13. The largest absolute Gasteiger partial charge is 0.506 e. The summed E-state index contributed by atoms with van der Waals surface area (Å²) in [5.41, 5.74) is 0.181. The lowest BCUT2D eigenvalue weighted by Crippen LogP contribution is -2.23. The first-order valence-corrected chi connectivity index (χ1v) is 7.50. The molecule has 0 saturated heterocycles. The normalized spacial score (nSPS) is 11.0. The van der Waals surface area contributed by atoms with Crippen LogP contribution in [0.4, 0.5) is 5.69 Å². The molecule has 0 aromatic heterocycles. The molecule has 1 amide bonds. The van der Waals surface area contributed by atoms with E-state index in [1.54, 1.807) is 30.3 Å². The number of hydrogen-bond donors (Lipinski definition) is 2. The molecule has 0 fully saturated rings. The highest BCUT2D eigenvalue weighted by atomic mass is 32.2. The molecule has 0 heterocycles. The van der Waals surface area contributed by atoms with Gasteiger partial charge in [0.05, 0.1) is 10.6 Å². The van der Waals surface area contributed by atoms with Crippen LogP contribution < -0.4 is 5.32 Å². The van der Waals surface area contributed by atoms with Gasteiger partial charge in [-0.15, -0.1) is 0 Å². The number of amides is 1. The lowest BCUT2D eigenvalue weighted by molar-refractivity contribution is -0.113. The standard InChI is InChI=1S/C14H13NO4S/c16-13-9-5-4-8-12(13)15-14(17)10-20(18,19)11-6-2-1-3-7-11/h1-9,16H,10H2,(H,15,17). The molecule has 5 nitrogen and oxygen atoms in total. The van der Waals surface area contributed by atoms with E-state index in [4.69, 9.17) is 0 Å². The van der Waals surface area contributed by atoms with Gasteiger partial charge in [-0.2, -0.15) is 0 Å². The SMILES string of the molecule is O=C(CS(=O)(=O)c1ccccc1)Nc1ccccc1O. The number of carbonyl (C=O) groups is 1. The summed E-state index contributed by atoms with van der Waals surface area (Å²) in [5.74, 6) is -1.49. The molecule has 20 heavy (non-hydrogen) atoms. The summed E-state index contributed by atoms with van der Waals surface area (Å²) in [6, 6.07) is 13.9. The molecule has 0 atom stereocenters.